The highest BCUT2D eigenvalue weighted by molar-refractivity contribution is 9.09. The van der Waals surface area contributed by atoms with E-state index in [2.05, 4.69) is 39.2 Å². The molecule has 0 bridgehead atoms. The molecule has 0 aromatic carbocycles. The average molecular weight is 300 g/mol. The molecule has 2 rings (SSSR count). The molecule has 3 nitrogen and oxygen atoms in total. The van der Waals surface area contributed by atoms with Crippen molar-refractivity contribution < 1.29 is 0 Å². The minimum Gasteiger partial charge on any atom is -0.302 e. The van der Waals surface area contributed by atoms with Crippen molar-refractivity contribution in [3.63, 3.8) is 0 Å². The Morgan fingerprint density at radius 1 is 1.47 bits per heavy atom. The van der Waals surface area contributed by atoms with Gasteiger partial charge in [0.2, 0.25) is 0 Å². The number of nitrogens with zero attached hydrogens (tertiary/aromatic N) is 3. The Morgan fingerprint density at radius 2 is 2.24 bits per heavy atom. The zero-order valence-corrected chi connectivity index (χ0v) is 12.4. The number of halogens is 1. The molecule has 2 unspecified atom stereocenters. The summed E-state index contributed by atoms with van der Waals surface area (Å²) in [6, 6.07) is 0.709. The molecule has 0 radical (unpaired) electrons. The summed E-state index contributed by atoms with van der Waals surface area (Å²) in [7, 11) is 4.23. The molecule has 1 fully saturated rings. The molecule has 1 aliphatic carbocycles. The summed E-state index contributed by atoms with van der Waals surface area (Å²) in [6.07, 6.45) is 10.6. The van der Waals surface area contributed by atoms with Crippen LogP contribution in [0.4, 0.5) is 0 Å². The van der Waals surface area contributed by atoms with Gasteiger partial charge >= 0.3 is 0 Å². The fourth-order valence-corrected chi connectivity index (χ4v) is 3.63. The van der Waals surface area contributed by atoms with E-state index >= 15 is 0 Å². The van der Waals surface area contributed by atoms with Gasteiger partial charge in [0.1, 0.15) is 0 Å². The largest absolute Gasteiger partial charge is 0.302 e. The van der Waals surface area contributed by atoms with Gasteiger partial charge in [-0.1, -0.05) is 28.8 Å². The summed E-state index contributed by atoms with van der Waals surface area (Å²) >= 11 is 3.83. The number of alkyl halides is 1. The quantitative estimate of drug-likeness (QED) is 0.797. The lowest BCUT2D eigenvalue weighted by atomic mass is 9.94. The third-order valence-corrected chi connectivity index (χ3v) is 4.79. The van der Waals surface area contributed by atoms with Crippen LogP contribution in [0.5, 0.6) is 0 Å². The number of rotatable bonds is 4. The predicted octanol–water partition coefficient (Wildman–Crippen LogP) is 2.60. The third kappa shape index (κ3) is 3.55. The molecule has 1 aromatic heterocycles. The van der Waals surface area contributed by atoms with Crippen LogP contribution >= 0.6 is 15.9 Å². The standard InChI is InChI=1S/C13H22BrN3/c1-16(13-6-4-3-5-12(13)14)8-7-11-9-15-17(2)10-11/h9-10,12-13H,3-8H2,1-2H3. The zero-order valence-electron chi connectivity index (χ0n) is 10.8. The van der Waals surface area contributed by atoms with Gasteiger partial charge in [0.05, 0.1) is 6.20 Å². The van der Waals surface area contributed by atoms with E-state index in [0.29, 0.717) is 10.9 Å². The lowest BCUT2D eigenvalue weighted by Crippen LogP contribution is -2.41. The molecule has 0 N–H and O–H groups in total. The van der Waals surface area contributed by atoms with Gasteiger partial charge < -0.3 is 4.90 Å². The Balaban J connectivity index is 1.82. The van der Waals surface area contributed by atoms with E-state index in [4.69, 9.17) is 0 Å². The van der Waals surface area contributed by atoms with Gasteiger partial charge in [-0.3, -0.25) is 4.68 Å². The van der Waals surface area contributed by atoms with Crippen LogP contribution in [-0.4, -0.2) is 39.1 Å². The number of hydrogen-bond donors (Lipinski definition) is 0. The van der Waals surface area contributed by atoms with Crippen LogP contribution in [0.3, 0.4) is 0 Å². The lowest BCUT2D eigenvalue weighted by molar-refractivity contribution is 0.202. The second-order valence-electron chi connectivity index (χ2n) is 5.12. The molecular formula is C13H22BrN3. The van der Waals surface area contributed by atoms with Crippen LogP contribution in [0.25, 0.3) is 0 Å². The van der Waals surface area contributed by atoms with Crippen LogP contribution in [0.15, 0.2) is 12.4 Å². The second-order valence-corrected chi connectivity index (χ2v) is 6.30. The second kappa shape index (κ2) is 6.01. The molecule has 1 saturated carbocycles. The summed E-state index contributed by atoms with van der Waals surface area (Å²) < 4.78 is 1.88. The first-order chi connectivity index (χ1) is 8.16. The predicted molar refractivity (Wildman–Crippen MR) is 74.5 cm³/mol. The number of aryl methyl sites for hydroxylation is 1. The smallest absolute Gasteiger partial charge is 0.0522 e. The first kappa shape index (κ1) is 13.1. The van der Waals surface area contributed by atoms with Gasteiger partial charge in [-0.25, -0.2) is 0 Å². The number of hydrogen-bond acceptors (Lipinski definition) is 2. The van der Waals surface area contributed by atoms with Crippen LogP contribution in [0, 0.1) is 0 Å². The number of likely N-dealkylation sites (N-methyl/N-ethyl adjacent to an activating group) is 1. The molecule has 1 aliphatic rings. The molecule has 17 heavy (non-hydrogen) atoms. The molecule has 0 aliphatic heterocycles. The highest BCUT2D eigenvalue weighted by Gasteiger charge is 2.25. The maximum Gasteiger partial charge on any atom is 0.0522 e. The molecule has 1 aromatic rings. The van der Waals surface area contributed by atoms with Crippen LogP contribution in [0.1, 0.15) is 31.2 Å². The van der Waals surface area contributed by atoms with E-state index in [-0.39, 0.29) is 0 Å². The van der Waals surface area contributed by atoms with Crippen LogP contribution < -0.4 is 0 Å². The topological polar surface area (TPSA) is 21.1 Å². The fourth-order valence-electron chi connectivity index (χ4n) is 2.63. The highest BCUT2D eigenvalue weighted by Crippen LogP contribution is 2.27. The summed E-state index contributed by atoms with van der Waals surface area (Å²) in [5.41, 5.74) is 1.33. The van der Waals surface area contributed by atoms with E-state index < -0.39 is 0 Å². The maximum atomic E-state index is 4.21. The van der Waals surface area contributed by atoms with Crippen molar-refractivity contribution in [2.45, 2.75) is 43.0 Å². The van der Waals surface area contributed by atoms with Crippen molar-refractivity contribution >= 4 is 15.9 Å². The lowest BCUT2D eigenvalue weighted by Gasteiger charge is -2.35. The van der Waals surface area contributed by atoms with E-state index in [1.165, 1.54) is 31.2 Å². The van der Waals surface area contributed by atoms with Crippen molar-refractivity contribution in [2.75, 3.05) is 13.6 Å². The molecule has 96 valence electrons. The molecule has 1 heterocycles. The molecule has 2 atom stereocenters. The average Bonchev–Trinajstić information content (AvgIpc) is 2.73. The molecule has 0 saturated heterocycles. The van der Waals surface area contributed by atoms with Crippen molar-refractivity contribution in [3.05, 3.63) is 18.0 Å². The monoisotopic (exact) mass is 299 g/mol. The van der Waals surface area contributed by atoms with Gasteiger partial charge in [0.25, 0.3) is 0 Å². The Morgan fingerprint density at radius 3 is 2.88 bits per heavy atom. The van der Waals surface area contributed by atoms with Gasteiger partial charge in [0, 0.05) is 30.7 Å². The normalized spacial score (nSPS) is 25.4. The van der Waals surface area contributed by atoms with Crippen molar-refractivity contribution in [3.8, 4) is 0 Å². The Hall–Kier alpha value is -0.350. The van der Waals surface area contributed by atoms with Gasteiger partial charge in [0.15, 0.2) is 0 Å². The van der Waals surface area contributed by atoms with Crippen molar-refractivity contribution in [1.29, 1.82) is 0 Å². The molecule has 4 heteroatoms. The van der Waals surface area contributed by atoms with E-state index in [0.717, 1.165) is 13.0 Å². The Labute approximate surface area is 112 Å². The summed E-state index contributed by atoms with van der Waals surface area (Å²) in [6.45, 7) is 1.12. The van der Waals surface area contributed by atoms with Gasteiger partial charge in [-0.15, -0.1) is 0 Å². The number of aromatic nitrogens is 2. The van der Waals surface area contributed by atoms with E-state index in [1.54, 1.807) is 0 Å². The Bertz CT molecular complexity index is 350. The first-order valence-electron chi connectivity index (χ1n) is 6.48. The summed E-state index contributed by atoms with van der Waals surface area (Å²) in [5, 5.41) is 4.21. The summed E-state index contributed by atoms with van der Waals surface area (Å²) in [5.74, 6) is 0. The SMILES string of the molecule is CN(CCc1cnn(C)c1)C1CCCCC1Br. The van der Waals surface area contributed by atoms with E-state index in [9.17, 15) is 0 Å². The molecule has 0 spiro atoms. The fraction of sp³-hybridized carbons (Fsp3) is 0.769. The maximum absolute atomic E-state index is 4.21. The van der Waals surface area contributed by atoms with Gasteiger partial charge in [-0.05, 0) is 31.9 Å². The van der Waals surface area contributed by atoms with Crippen LogP contribution in [0.2, 0.25) is 0 Å². The molecule has 0 amide bonds. The summed E-state index contributed by atoms with van der Waals surface area (Å²) in [4.78, 5) is 3.18. The minimum absolute atomic E-state index is 0.676. The first-order valence-corrected chi connectivity index (χ1v) is 7.40. The minimum atomic E-state index is 0.676. The third-order valence-electron chi connectivity index (χ3n) is 3.72. The molecular weight excluding hydrogens is 278 g/mol. The van der Waals surface area contributed by atoms with Gasteiger partial charge in [-0.2, -0.15) is 5.10 Å². The highest BCUT2D eigenvalue weighted by atomic mass is 79.9. The van der Waals surface area contributed by atoms with Crippen molar-refractivity contribution in [2.24, 2.45) is 7.05 Å². The Kier molecular flexibility index (Phi) is 4.62. The van der Waals surface area contributed by atoms with E-state index in [1.807, 2.05) is 17.9 Å². The van der Waals surface area contributed by atoms with Crippen molar-refractivity contribution in [1.82, 2.24) is 14.7 Å². The van der Waals surface area contributed by atoms with Crippen LogP contribution in [-0.2, 0) is 13.5 Å². The zero-order chi connectivity index (χ0) is 12.3.